The number of aryl methyl sites for hydroxylation is 1. The van der Waals surface area contributed by atoms with Crippen LogP contribution in [-0.4, -0.2) is 31.6 Å². The quantitative estimate of drug-likeness (QED) is 0.752. The van der Waals surface area contributed by atoms with Crippen LogP contribution in [0.1, 0.15) is 23.6 Å². The van der Waals surface area contributed by atoms with Crippen LogP contribution in [-0.2, 0) is 0 Å². The van der Waals surface area contributed by atoms with Gasteiger partial charge in [0.1, 0.15) is 0 Å². The number of likely N-dealkylation sites (N-methyl/N-ethyl adjacent to an activating group) is 1. The van der Waals surface area contributed by atoms with Crippen molar-refractivity contribution in [3.63, 3.8) is 0 Å². The molecule has 15 heavy (non-hydrogen) atoms. The molecule has 1 saturated heterocycles. The second-order valence-electron chi connectivity index (χ2n) is 4.47. The molecule has 0 bridgehead atoms. The van der Waals surface area contributed by atoms with E-state index < -0.39 is 0 Å². The van der Waals surface area contributed by atoms with Crippen LogP contribution in [0.2, 0.25) is 0 Å². The highest BCUT2D eigenvalue weighted by Crippen LogP contribution is 2.21. The first-order chi connectivity index (χ1) is 7.27. The lowest BCUT2D eigenvalue weighted by molar-refractivity contribution is 0.261. The molecule has 0 radical (unpaired) electrons. The first-order valence-electron chi connectivity index (χ1n) is 5.75. The number of rotatable bonds is 1. The largest absolute Gasteiger partial charge is 0.315 e. The Morgan fingerprint density at radius 2 is 2.27 bits per heavy atom. The minimum Gasteiger partial charge on any atom is -0.315 e. The van der Waals surface area contributed by atoms with Crippen molar-refractivity contribution in [3.8, 4) is 0 Å². The maximum atomic E-state index is 3.50. The topological polar surface area (TPSA) is 15.3 Å². The van der Waals surface area contributed by atoms with Crippen LogP contribution in [0.25, 0.3) is 0 Å². The van der Waals surface area contributed by atoms with E-state index in [0.717, 1.165) is 13.1 Å². The minimum atomic E-state index is 0.535. The van der Waals surface area contributed by atoms with E-state index in [9.17, 15) is 0 Å². The van der Waals surface area contributed by atoms with Crippen LogP contribution >= 0.6 is 0 Å². The number of benzene rings is 1. The molecule has 1 N–H and O–H groups in total. The molecule has 1 fully saturated rings. The van der Waals surface area contributed by atoms with Gasteiger partial charge in [0.2, 0.25) is 0 Å². The molecule has 0 aliphatic carbocycles. The molecule has 0 spiro atoms. The molecule has 1 atom stereocenters. The molecule has 82 valence electrons. The average Bonchev–Trinajstić information content (AvgIpc) is 2.43. The summed E-state index contributed by atoms with van der Waals surface area (Å²) in [5.41, 5.74) is 2.79. The fourth-order valence-electron chi connectivity index (χ4n) is 2.25. The maximum absolute atomic E-state index is 3.50. The van der Waals surface area contributed by atoms with Crippen LogP contribution in [0.15, 0.2) is 24.3 Å². The van der Waals surface area contributed by atoms with Gasteiger partial charge in [0.15, 0.2) is 0 Å². The standard InChI is InChI=1S/C13H20N2/c1-11-5-3-6-12(9-11)13-10-14-7-4-8-15(13)2/h3,5-6,9,13-14H,4,7-8,10H2,1-2H3. The van der Waals surface area contributed by atoms with E-state index in [4.69, 9.17) is 0 Å². The second kappa shape index (κ2) is 4.77. The molecular weight excluding hydrogens is 184 g/mol. The minimum absolute atomic E-state index is 0.535. The first-order valence-corrected chi connectivity index (χ1v) is 5.75. The lowest BCUT2D eigenvalue weighted by Gasteiger charge is -2.26. The van der Waals surface area contributed by atoms with Crippen molar-refractivity contribution in [2.75, 3.05) is 26.7 Å². The van der Waals surface area contributed by atoms with Crippen molar-refractivity contribution in [1.82, 2.24) is 10.2 Å². The van der Waals surface area contributed by atoms with Gasteiger partial charge in [0.25, 0.3) is 0 Å². The van der Waals surface area contributed by atoms with E-state index in [0.29, 0.717) is 6.04 Å². The second-order valence-corrected chi connectivity index (χ2v) is 4.47. The van der Waals surface area contributed by atoms with Gasteiger partial charge in [0, 0.05) is 12.6 Å². The Labute approximate surface area is 92.3 Å². The van der Waals surface area contributed by atoms with Crippen LogP contribution in [0.5, 0.6) is 0 Å². The summed E-state index contributed by atoms with van der Waals surface area (Å²) in [6.45, 7) is 5.56. The fourth-order valence-corrected chi connectivity index (χ4v) is 2.25. The predicted octanol–water partition coefficient (Wildman–Crippen LogP) is 1.96. The monoisotopic (exact) mass is 204 g/mol. The molecule has 1 heterocycles. The van der Waals surface area contributed by atoms with Crippen LogP contribution in [0, 0.1) is 6.92 Å². The number of nitrogens with zero attached hydrogens (tertiary/aromatic N) is 1. The summed E-state index contributed by atoms with van der Waals surface area (Å²) in [5.74, 6) is 0. The lowest BCUT2D eigenvalue weighted by atomic mass is 10.0. The third-order valence-corrected chi connectivity index (χ3v) is 3.16. The predicted molar refractivity (Wildman–Crippen MR) is 64.0 cm³/mol. The third-order valence-electron chi connectivity index (χ3n) is 3.16. The molecule has 1 aliphatic rings. The summed E-state index contributed by atoms with van der Waals surface area (Å²) < 4.78 is 0. The Kier molecular flexibility index (Phi) is 3.39. The van der Waals surface area contributed by atoms with Crippen molar-refractivity contribution < 1.29 is 0 Å². The molecule has 1 aromatic carbocycles. The molecule has 1 aliphatic heterocycles. The van der Waals surface area contributed by atoms with Crippen LogP contribution in [0.3, 0.4) is 0 Å². The molecule has 0 amide bonds. The smallest absolute Gasteiger partial charge is 0.0469 e. The highest BCUT2D eigenvalue weighted by molar-refractivity contribution is 5.25. The normalized spacial score (nSPS) is 23.7. The molecule has 1 unspecified atom stereocenters. The van der Waals surface area contributed by atoms with Gasteiger partial charge in [-0.15, -0.1) is 0 Å². The summed E-state index contributed by atoms with van der Waals surface area (Å²) in [6.07, 6.45) is 1.25. The zero-order chi connectivity index (χ0) is 10.7. The van der Waals surface area contributed by atoms with Gasteiger partial charge in [-0.2, -0.15) is 0 Å². The van der Waals surface area contributed by atoms with Gasteiger partial charge in [-0.25, -0.2) is 0 Å². The highest BCUT2D eigenvalue weighted by atomic mass is 15.2. The van der Waals surface area contributed by atoms with Crippen molar-refractivity contribution in [2.45, 2.75) is 19.4 Å². The van der Waals surface area contributed by atoms with Crippen molar-refractivity contribution in [2.24, 2.45) is 0 Å². The average molecular weight is 204 g/mol. The van der Waals surface area contributed by atoms with Crippen LogP contribution < -0.4 is 5.32 Å². The molecule has 1 aromatic rings. The van der Waals surface area contributed by atoms with Crippen molar-refractivity contribution >= 4 is 0 Å². The van der Waals surface area contributed by atoms with E-state index in [-0.39, 0.29) is 0 Å². The molecule has 2 heteroatoms. The van der Waals surface area contributed by atoms with Crippen molar-refractivity contribution in [3.05, 3.63) is 35.4 Å². The Bertz CT molecular complexity index is 322. The Balaban J connectivity index is 2.20. The van der Waals surface area contributed by atoms with Crippen LogP contribution in [0.4, 0.5) is 0 Å². The Morgan fingerprint density at radius 1 is 1.40 bits per heavy atom. The van der Waals surface area contributed by atoms with Gasteiger partial charge in [-0.3, -0.25) is 4.90 Å². The molecule has 0 aromatic heterocycles. The van der Waals surface area contributed by atoms with Gasteiger partial charge in [-0.05, 0) is 39.0 Å². The maximum Gasteiger partial charge on any atom is 0.0469 e. The molecule has 2 nitrogen and oxygen atoms in total. The summed E-state index contributed by atoms with van der Waals surface area (Å²) in [4.78, 5) is 2.45. The number of nitrogens with one attached hydrogen (secondary N) is 1. The molecule has 2 rings (SSSR count). The van der Waals surface area contributed by atoms with Gasteiger partial charge in [0.05, 0.1) is 0 Å². The lowest BCUT2D eigenvalue weighted by Crippen LogP contribution is -2.29. The molecular formula is C13H20N2. The number of hydrogen-bond acceptors (Lipinski definition) is 2. The van der Waals surface area contributed by atoms with E-state index >= 15 is 0 Å². The SMILES string of the molecule is Cc1cccc(C2CNCCCN2C)c1. The van der Waals surface area contributed by atoms with E-state index in [1.807, 2.05) is 0 Å². The summed E-state index contributed by atoms with van der Waals surface area (Å²) >= 11 is 0. The van der Waals surface area contributed by atoms with E-state index in [2.05, 4.69) is 48.5 Å². The van der Waals surface area contributed by atoms with Gasteiger partial charge >= 0.3 is 0 Å². The van der Waals surface area contributed by atoms with E-state index in [1.54, 1.807) is 0 Å². The summed E-state index contributed by atoms with van der Waals surface area (Å²) in [7, 11) is 2.22. The summed E-state index contributed by atoms with van der Waals surface area (Å²) in [5, 5.41) is 3.50. The summed E-state index contributed by atoms with van der Waals surface area (Å²) in [6, 6.07) is 9.39. The molecule has 0 saturated carbocycles. The zero-order valence-electron chi connectivity index (χ0n) is 9.66. The fraction of sp³-hybridized carbons (Fsp3) is 0.538. The highest BCUT2D eigenvalue weighted by Gasteiger charge is 2.18. The third kappa shape index (κ3) is 2.58. The van der Waals surface area contributed by atoms with Gasteiger partial charge in [-0.1, -0.05) is 29.8 Å². The van der Waals surface area contributed by atoms with Gasteiger partial charge < -0.3 is 5.32 Å². The zero-order valence-corrected chi connectivity index (χ0v) is 9.66. The van der Waals surface area contributed by atoms with E-state index in [1.165, 1.54) is 24.1 Å². The Hall–Kier alpha value is -0.860. The van der Waals surface area contributed by atoms with Crippen molar-refractivity contribution in [1.29, 1.82) is 0 Å². The Morgan fingerprint density at radius 3 is 3.07 bits per heavy atom. The first kappa shape index (κ1) is 10.7. The number of hydrogen-bond donors (Lipinski definition) is 1.